The van der Waals surface area contributed by atoms with Gasteiger partial charge < -0.3 is 19.3 Å². The van der Waals surface area contributed by atoms with Crippen LogP contribution in [0.1, 0.15) is 40.7 Å². The van der Waals surface area contributed by atoms with Gasteiger partial charge in [0.1, 0.15) is 18.1 Å². The molecule has 0 radical (unpaired) electrons. The number of esters is 1. The van der Waals surface area contributed by atoms with E-state index in [0.717, 1.165) is 4.57 Å². The molecule has 2 heterocycles. The van der Waals surface area contributed by atoms with Gasteiger partial charge in [0.25, 0.3) is 11.5 Å². The number of anilines is 1. The summed E-state index contributed by atoms with van der Waals surface area (Å²) in [6.07, 6.45) is -0.228. The SMILES string of the molecule is CCC(Oc1ccccc1)C(=O)Nc1cccc(C(=O)OCc2cc(=O)n3oc(C)cc3n2)c1C. The number of aromatic nitrogens is 2. The number of rotatable bonds is 8. The summed E-state index contributed by atoms with van der Waals surface area (Å²) in [6, 6.07) is 16.9. The normalized spacial score (nSPS) is 11.7. The van der Waals surface area contributed by atoms with Crippen LogP contribution in [0.25, 0.3) is 5.65 Å². The van der Waals surface area contributed by atoms with Crippen LogP contribution < -0.4 is 15.6 Å². The Balaban J connectivity index is 1.45. The number of para-hydroxylation sites is 1. The number of nitrogens with zero attached hydrogens (tertiary/aromatic N) is 2. The van der Waals surface area contributed by atoms with Gasteiger partial charge in [0.15, 0.2) is 11.8 Å². The third kappa shape index (κ3) is 5.40. The minimum absolute atomic E-state index is 0.187. The van der Waals surface area contributed by atoms with Crippen LogP contribution in [0.4, 0.5) is 5.69 Å². The first-order valence-corrected chi connectivity index (χ1v) is 11.1. The summed E-state index contributed by atoms with van der Waals surface area (Å²) in [5.74, 6) is 0.216. The summed E-state index contributed by atoms with van der Waals surface area (Å²) >= 11 is 0. The van der Waals surface area contributed by atoms with E-state index in [9.17, 15) is 14.4 Å². The first kappa shape index (κ1) is 23.7. The number of nitrogens with one attached hydrogen (secondary N) is 1. The Morgan fingerprint density at radius 1 is 1.09 bits per heavy atom. The van der Waals surface area contributed by atoms with Crippen molar-refractivity contribution in [2.45, 2.75) is 39.9 Å². The van der Waals surface area contributed by atoms with Gasteiger partial charge in [-0.3, -0.25) is 9.59 Å². The highest BCUT2D eigenvalue weighted by Gasteiger charge is 2.21. The molecule has 1 amide bonds. The van der Waals surface area contributed by atoms with Crippen molar-refractivity contribution in [1.29, 1.82) is 0 Å². The Kier molecular flexibility index (Phi) is 6.96. The molecule has 0 spiro atoms. The van der Waals surface area contributed by atoms with Crippen LogP contribution in [0.3, 0.4) is 0 Å². The van der Waals surface area contributed by atoms with Crippen LogP contribution in [-0.2, 0) is 16.1 Å². The molecule has 1 unspecified atom stereocenters. The predicted octanol–water partition coefficient (Wildman–Crippen LogP) is 4.06. The van der Waals surface area contributed by atoms with Crippen molar-refractivity contribution in [3.63, 3.8) is 0 Å². The molecule has 0 saturated heterocycles. The van der Waals surface area contributed by atoms with Crippen molar-refractivity contribution in [2.24, 2.45) is 0 Å². The number of amides is 1. The summed E-state index contributed by atoms with van der Waals surface area (Å²) in [7, 11) is 0. The van der Waals surface area contributed by atoms with Gasteiger partial charge in [-0.05, 0) is 50.1 Å². The molecule has 0 saturated carbocycles. The molecule has 35 heavy (non-hydrogen) atoms. The van der Waals surface area contributed by atoms with E-state index in [2.05, 4.69) is 10.3 Å². The van der Waals surface area contributed by atoms with Crippen LogP contribution in [0, 0.1) is 13.8 Å². The lowest BCUT2D eigenvalue weighted by atomic mass is 10.1. The lowest BCUT2D eigenvalue weighted by Gasteiger charge is -2.18. The van der Waals surface area contributed by atoms with Crippen LogP contribution in [0.15, 0.2) is 70.0 Å². The van der Waals surface area contributed by atoms with E-state index in [0.29, 0.717) is 40.5 Å². The third-order valence-corrected chi connectivity index (χ3v) is 5.37. The van der Waals surface area contributed by atoms with Crippen molar-refractivity contribution < 1.29 is 23.6 Å². The maximum Gasteiger partial charge on any atom is 0.338 e. The number of hydrogen-bond acceptors (Lipinski definition) is 7. The molecule has 0 aliphatic rings. The number of hydrogen-bond donors (Lipinski definition) is 1. The van der Waals surface area contributed by atoms with Crippen molar-refractivity contribution in [2.75, 3.05) is 5.32 Å². The zero-order chi connectivity index (χ0) is 24.9. The zero-order valence-electron chi connectivity index (χ0n) is 19.6. The second-order valence-electron chi connectivity index (χ2n) is 7.96. The molecule has 4 rings (SSSR count). The Hall–Kier alpha value is -4.40. The summed E-state index contributed by atoms with van der Waals surface area (Å²) in [5, 5.41) is 2.84. The van der Waals surface area contributed by atoms with E-state index in [4.69, 9.17) is 14.0 Å². The molecule has 9 nitrogen and oxygen atoms in total. The number of carbonyl (C=O) groups is 2. The van der Waals surface area contributed by atoms with Crippen LogP contribution >= 0.6 is 0 Å². The Morgan fingerprint density at radius 3 is 2.60 bits per heavy atom. The fourth-order valence-electron chi connectivity index (χ4n) is 3.56. The molecule has 4 aromatic rings. The highest BCUT2D eigenvalue weighted by Crippen LogP contribution is 2.22. The zero-order valence-corrected chi connectivity index (χ0v) is 19.6. The summed E-state index contributed by atoms with van der Waals surface area (Å²) in [5.41, 5.74) is 1.55. The minimum Gasteiger partial charge on any atom is -0.481 e. The largest absolute Gasteiger partial charge is 0.481 e. The van der Waals surface area contributed by atoms with Crippen molar-refractivity contribution in [1.82, 2.24) is 9.56 Å². The fourth-order valence-corrected chi connectivity index (χ4v) is 3.56. The maximum absolute atomic E-state index is 12.8. The molecular weight excluding hydrogens is 450 g/mol. The molecule has 0 bridgehead atoms. The lowest BCUT2D eigenvalue weighted by molar-refractivity contribution is -0.122. The molecule has 2 aromatic carbocycles. The van der Waals surface area contributed by atoms with E-state index in [1.54, 1.807) is 50.2 Å². The van der Waals surface area contributed by atoms with Gasteiger partial charge >= 0.3 is 5.97 Å². The number of benzene rings is 2. The van der Waals surface area contributed by atoms with Gasteiger partial charge in [-0.1, -0.05) is 31.2 Å². The fraction of sp³-hybridized carbons (Fsp3) is 0.231. The van der Waals surface area contributed by atoms with Crippen LogP contribution in [-0.4, -0.2) is 27.5 Å². The first-order chi connectivity index (χ1) is 16.9. The summed E-state index contributed by atoms with van der Waals surface area (Å²) < 4.78 is 17.5. The smallest absolute Gasteiger partial charge is 0.338 e. The highest BCUT2D eigenvalue weighted by atomic mass is 16.5. The van der Waals surface area contributed by atoms with Gasteiger partial charge in [0, 0.05) is 17.8 Å². The lowest BCUT2D eigenvalue weighted by Crippen LogP contribution is -2.32. The number of carbonyl (C=O) groups excluding carboxylic acids is 2. The van der Waals surface area contributed by atoms with Gasteiger partial charge in [0.05, 0.1) is 11.3 Å². The van der Waals surface area contributed by atoms with Crippen molar-refractivity contribution in [3.05, 3.63) is 93.6 Å². The molecule has 1 atom stereocenters. The number of fused-ring (bicyclic) bond motifs is 1. The standard InChI is InChI=1S/C26H25N3O6/c1-4-22(34-19-9-6-5-7-10-19)25(31)28-21-12-8-11-20(17(21)3)26(32)33-15-18-14-24(30)29-23(27-18)13-16(2)35-29/h5-14,22H,4,15H2,1-3H3,(H,28,31). The molecule has 180 valence electrons. The highest BCUT2D eigenvalue weighted by molar-refractivity contribution is 5.98. The number of aryl methyl sites for hydroxylation is 1. The second-order valence-corrected chi connectivity index (χ2v) is 7.96. The molecule has 2 aromatic heterocycles. The molecule has 1 N–H and O–H groups in total. The monoisotopic (exact) mass is 475 g/mol. The summed E-state index contributed by atoms with van der Waals surface area (Å²) in [6.45, 7) is 5.10. The topological polar surface area (TPSA) is 112 Å². The average Bonchev–Trinajstić information content (AvgIpc) is 3.23. The molecule has 0 aliphatic carbocycles. The predicted molar refractivity (Wildman–Crippen MR) is 129 cm³/mol. The van der Waals surface area contributed by atoms with Gasteiger partial charge in [-0.15, -0.1) is 4.57 Å². The number of ether oxygens (including phenoxy) is 2. The third-order valence-electron chi connectivity index (χ3n) is 5.37. The van der Waals surface area contributed by atoms with E-state index < -0.39 is 17.6 Å². The van der Waals surface area contributed by atoms with Crippen molar-refractivity contribution >= 4 is 23.2 Å². The minimum atomic E-state index is -0.695. The maximum atomic E-state index is 12.8. The molecule has 0 aliphatic heterocycles. The van der Waals surface area contributed by atoms with E-state index in [1.165, 1.54) is 6.07 Å². The van der Waals surface area contributed by atoms with Crippen LogP contribution in [0.5, 0.6) is 5.75 Å². The molecule has 0 fully saturated rings. The van der Waals surface area contributed by atoms with Gasteiger partial charge in [-0.2, -0.15) is 0 Å². The van der Waals surface area contributed by atoms with E-state index >= 15 is 0 Å². The van der Waals surface area contributed by atoms with Gasteiger partial charge in [0.2, 0.25) is 0 Å². The first-order valence-electron chi connectivity index (χ1n) is 11.1. The Bertz CT molecular complexity index is 1420. The van der Waals surface area contributed by atoms with Gasteiger partial charge in [-0.25, -0.2) is 9.78 Å². The Morgan fingerprint density at radius 2 is 1.86 bits per heavy atom. The average molecular weight is 476 g/mol. The second kappa shape index (κ2) is 10.3. The van der Waals surface area contributed by atoms with Crippen molar-refractivity contribution in [3.8, 4) is 5.75 Å². The van der Waals surface area contributed by atoms with E-state index in [1.807, 2.05) is 25.1 Å². The van der Waals surface area contributed by atoms with Crippen LogP contribution in [0.2, 0.25) is 0 Å². The quantitative estimate of drug-likeness (QED) is 0.383. The molecule has 9 heteroatoms. The summed E-state index contributed by atoms with van der Waals surface area (Å²) in [4.78, 5) is 42.1. The Labute approximate surface area is 201 Å². The molecular formula is C26H25N3O6. The van der Waals surface area contributed by atoms with E-state index in [-0.39, 0.29) is 18.1 Å².